The largest absolute Gasteiger partial charge is 0.480 e. The fourth-order valence-electron chi connectivity index (χ4n) is 0.834. The maximum Gasteiger partial charge on any atom is 0.329 e. The van der Waals surface area contributed by atoms with E-state index in [1.54, 1.807) is 0 Å². The average Bonchev–Trinajstić information content (AvgIpc) is 2.10. The minimum Gasteiger partial charge on any atom is -0.480 e. The first kappa shape index (κ1) is 6.98. The summed E-state index contributed by atoms with van der Waals surface area (Å²) in [5.41, 5.74) is 0. The summed E-state index contributed by atoms with van der Waals surface area (Å²) in [5.74, 6) is -1.86. The number of alkyl halides is 1. The minimum atomic E-state index is -1.58. The van der Waals surface area contributed by atoms with Crippen LogP contribution in [0.25, 0.3) is 0 Å². The summed E-state index contributed by atoms with van der Waals surface area (Å²) in [4.78, 5) is 20.5. The van der Waals surface area contributed by atoms with Crippen LogP contribution in [0.4, 0.5) is 4.39 Å². The van der Waals surface area contributed by atoms with Gasteiger partial charge >= 0.3 is 5.97 Å². The van der Waals surface area contributed by atoms with Crippen molar-refractivity contribution >= 4 is 11.9 Å². The third-order valence-corrected chi connectivity index (χ3v) is 1.32. The molecule has 4 nitrogen and oxygen atoms in total. The Morgan fingerprint density at radius 2 is 2.40 bits per heavy atom. The third kappa shape index (κ3) is 1.07. The molecule has 0 aromatic rings. The van der Waals surface area contributed by atoms with Gasteiger partial charge in [0.25, 0.3) is 0 Å². The Hall–Kier alpha value is -1.13. The number of carboxylic acids is 1. The Morgan fingerprint density at radius 3 is 2.60 bits per heavy atom. The lowest BCUT2D eigenvalue weighted by Crippen LogP contribution is -2.37. The summed E-state index contributed by atoms with van der Waals surface area (Å²) in [7, 11) is 0. The number of carbonyl (C=O) groups is 2. The molecule has 2 atom stereocenters. The highest BCUT2D eigenvalue weighted by atomic mass is 19.1. The van der Waals surface area contributed by atoms with Gasteiger partial charge in [0, 0.05) is 0 Å². The van der Waals surface area contributed by atoms with Crippen molar-refractivity contribution in [3.8, 4) is 0 Å². The van der Waals surface area contributed by atoms with E-state index >= 15 is 0 Å². The quantitative estimate of drug-likeness (QED) is 0.515. The molecule has 5 heteroatoms. The normalized spacial score (nSPS) is 31.9. The fourth-order valence-corrected chi connectivity index (χ4v) is 0.834. The predicted molar refractivity (Wildman–Crippen MR) is 29.1 cm³/mol. The van der Waals surface area contributed by atoms with Crippen LogP contribution >= 0.6 is 0 Å². The van der Waals surface area contributed by atoms with E-state index < -0.39 is 24.1 Å². The van der Waals surface area contributed by atoms with Crippen LogP contribution in [0.1, 0.15) is 6.42 Å². The van der Waals surface area contributed by atoms with Crippen LogP contribution in [0, 0.1) is 0 Å². The standard InChI is InChI=1S/C5H6FNO3/c6-2-1-3(8)7-4(2)5(9)10/h2,4H,1H2,(H,7,8)(H,9,10)/t2-,4-/m0/s1. The second kappa shape index (κ2) is 2.24. The van der Waals surface area contributed by atoms with Gasteiger partial charge in [0.15, 0.2) is 6.04 Å². The maximum absolute atomic E-state index is 12.4. The van der Waals surface area contributed by atoms with Crippen molar-refractivity contribution in [1.29, 1.82) is 0 Å². The second-order valence-corrected chi connectivity index (χ2v) is 2.10. The molecule has 1 rings (SSSR count). The van der Waals surface area contributed by atoms with Gasteiger partial charge in [0.05, 0.1) is 6.42 Å². The van der Waals surface area contributed by atoms with Crippen molar-refractivity contribution in [2.24, 2.45) is 0 Å². The predicted octanol–water partition coefficient (Wildman–Crippen LogP) is -0.702. The van der Waals surface area contributed by atoms with Gasteiger partial charge in [-0.15, -0.1) is 0 Å². The van der Waals surface area contributed by atoms with Crippen molar-refractivity contribution in [2.75, 3.05) is 0 Å². The molecule has 0 aromatic heterocycles. The Bertz CT molecular complexity index is 182. The van der Waals surface area contributed by atoms with Gasteiger partial charge in [-0.3, -0.25) is 4.79 Å². The molecular formula is C5H6FNO3. The van der Waals surface area contributed by atoms with E-state index in [1.807, 2.05) is 5.32 Å². The zero-order chi connectivity index (χ0) is 7.72. The summed E-state index contributed by atoms with van der Waals surface area (Å²) < 4.78 is 12.4. The van der Waals surface area contributed by atoms with E-state index in [4.69, 9.17) is 5.11 Å². The first-order valence-corrected chi connectivity index (χ1v) is 2.77. The number of hydrogen-bond donors (Lipinski definition) is 2. The molecule has 1 saturated heterocycles. The molecular weight excluding hydrogens is 141 g/mol. The Labute approximate surface area is 56.0 Å². The van der Waals surface area contributed by atoms with Gasteiger partial charge in [-0.05, 0) is 0 Å². The van der Waals surface area contributed by atoms with Crippen LogP contribution in [-0.2, 0) is 9.59 Å². The first-order chi connectivity index (χ1) is 4.61. The number of carboxylic acid groups (broad SMARTS) is 1. The maximum atomic E-state index is 12.4. The lowest BCUT2D eigenvalue weighted by molar-refractivity contribution is -0.141. The number of carbonyl (C=O) groups excluding carboxylic acids is 1. The SMILES string of the molecule is O=C1C[C@H](F)[C@@H](C(=O)O)N1. The van der Waals surface area contributed by atoms with Gasteiger partial charge in [-0.2, -0.15) is 0 Å². The van der Waals surface area contributed by atoms with Crippen LogP contribution in [-0.4, -0.2) is 29.2 Å². The number of aliphatic carboxylic acids is 1. The summed E-state index contributed by atoms with van der Waals surface area (Å²) in [6.07, 6.45) is -1.92. The lowest BCUT2D eigenvalue weighted by Gasteiger charge is -2.04. The number of hydrogen-bond acceptors (Lipinski definition) is 2. The van der Waals surface area contributed by atoms with Crippen molar-refractivity contribution in [3.05, 3.63) is 0 Å². The zero-order valence-electron chi connectivity index (χ0n) is 5.00. The first-order valence-electron chi connectivity index (χ1n) is 2.77. The number of amides is 1. The number of nitrogens with one attached hydrogen (secondary N) is 1. The van der Waals surface area contributed by atoms with Crippen LogP contribution in [0.15, 0.2) is 0 Å². The van der Waals surface area contributed by atoms with Crippen LogP contribution in [0.5, 0.6) is 0 Å². The van der Waals surface area contributed by atoms with E-state index in [1.165, 1.54) is 0 Å². The van der Waals surface area contributed by atoms with Gasteiger partial charge in [-0.1, -0.05) is 0 Å². The number of halogens is 1. The summed E-state index contributed by atoms with van der Waals surface area (Å²) in [6, 6.07) is -1.34. The molecule has 1 amide bonds. The average molecular weight is 147 g/mol. The Morgan fingerprint density at radius 1 is 1.80 bits per heavy atom. The van der Waals surface area contributed by atoms with E-state index in [0.717, 1.165) is 0 Å². The molecule has 0 unspecified atom stereocenters. The molecule has 2 N–H and O–H groups in total. The highest BCUT2D eigenvalue weighted by molar-refractivity contribution is 5.88. The second-order valence-electron chi connectivity index (χ2n) is 2.10. The molecule has 0 bridgehead atoms. The highest BCUT2D eigenvalue weighted by Crippen LogP contribution is 2.11. The topological polar surface area (TPSA) is 66.4 Å². The third-order valence-electron chi connectivity index (χ3n) is 1.32. The summed E-state index contributed by atoms with van der Waals surface area (Å²) >= 11 is 0. The van der Waals surface area contributed by atoms with Gasteiger partial charge < -0.3 is 10.4 Å². The van der Waals surface area contributed by atoms with Crippen molar-refractivity contribution in [2.45, 2.75) is 18.6 Å². The summed E-state index contributed by atoms with van der Waals surface area (Å²) in [5, 5.41) is 10.2. The van der Waals surface area contributed by atoms with Gasteiger partial charge in [0.1, 0.15) is 6.17 Å². The van der Waals surface area contributed by atoms with E-state index in [-0.39, 0.29) is 6.42 Å². The van der Waals surface area contributed by atoms with E-state index in [9.17, 15) is 14.0 Å². The van der Waals surface area contributed by atoms with E-state index in [0.29, 0.717) is 0 Å². The fraction of sp³-hybridized carbons (Fsp3) is 0.600. The number of rotatable bonds is 1. The zero-order valence-corrected chi connectivity index (χ0v) is 5.00. The van der Waals surface area contributed by atoms with E-state index in [2.05, 4.69) is 0 Å². The Kier molecular flexibility index (Phi) is 1.57. The molecule has 0 aromatic carbocycles. The molecule has 0 radical (unpaired) electrons. The van der Waals surface area contributed by atoms with Gasteiger partial charge in [0.2, 0.25) is 5.91 Å². The molecule has 1 aliphatic rings. The molecule has 0 spiro atoms. The van der Waals surface area contributed by atoms with Crippen molar-refractivity contribution < 1.29 is 19.1 Å². The van der Waals surface area contributed by atoms with Gasteiger partial charge in [-0.25, -0.2) is 9.18 Å². The molecule has 10 heavy (non-hydrogen) atoms. The van der Waals surface area contributed by atoms with Crippen LogP contribution in [0.2, 0.25) is 0 Å². The van der Waals surface area contributed by atoms with Crippen molar-refractivity contribution in [1.82, 2.24) is 5.32 Å². The molecule has 0 saturated carbocycles. The Balaban J connectivity index is 2.63. The van der Waals surface area contributed by atoms with Crippen LogP contribution < -0.4 is 5.32 Å². The molecule has 56 valence electrons. The smallest absolute Gasteiger partial charge is 0.329 e. The monoisotopic (exact) mass is 147 g/mol. The molecule has 0 aliphatic carbocycles. The summed E-state index contributed by atoms with van der Waals surface area (Å²) in [6.45, 7) is 0. The molecule has 1 aliphatic heterocycles. The molecule has 1 heterocycles. The van der Waals surface area contributed by atoms with Crippen LogP contribution in [0.3, 0.4) is 0 Å². The highest BCUT2D eigenvalue weighted by Gasteiger charge is 2.37. The molecule has 1 fully saturated rings. The minimum absolute atomic E-state index is 0.336. The lowest BCUT2D eigenvalue weighted by atomic mass is 10.2. The van der Waals surface area contributed by atoms with Crippen molar-refractivity contribution in [3.63, 3.8) is 0 Å².